The number of urea groups is 1. The molecule has 0 aliphatic carbocycles. The van der Waals surface area contributed by atoms with Gasteiger partial charge in [0, 0.05) is 24.8 Å². The van der Waals surface area contributed by atoms with Crippen molar-refractivity contribution < 1.29 is 22.7 Å². The molecule has 2 aliphatic heterocycles. The lowest BCUT2D eigenvalue weighted by atomic mass is 10.2. The Hall–Kier alpha value is -2.94. The van der Waals surface area contributed by atoms with Crippen LogP contribution in [-0.2, 0) is 16.4 Å². The molecule has 2 heterocycles. The highest BCUT2D eigenvalue weighted by molar-refractivity contribution is 7.92. The summed E-state index contributed by atoms with van der Waals surface area (Å²) in [4.78, 5) is 14.0. The van der Waals surface area contributed by atoms with E-state index in [1.165, 1.54) is 6.07 Å². The van der Waals surface area contributed by atoms with E-state index in [0.29, 0.717) is 36.7 Å². The fraction of sp³-hybridized carbons (Fsp3) is 0.316. The third-order valence-corrected chi connectivity index (χ3v) is 6.03. The molecular formula is C19H21N3O5S. The molecule has 0 unspecified atom stereocenters. The van der Waals surface area contributed by atoms with E-state index in [1.54, 1.807) is 35.2 Å². The van der Waals surface area contributed by atoms with Gasteiger partial charge in [0.2, 0.25) is 6.79 Å². The molecule has 148 valence electrons. The molecule has 28 heavy (non-hydrogen) atoms. The third-order valence-electron chi connectivity index (χ3n) is 4.65. The van der Waals surface area contributed by atoms with E-state index in [9.17, 15) is 13.2 Å². The smallest absolute Gasteiger partial charge is 0.321 e. The van der Waals surface area contributed by atoms with Gasteiger partial charge in [-0.15, -0.1) is 0 Å². The van der Waals surface area contributed by atoms with Gasteiger partial charge in [0.15, 0.2) is 11.5 Å². The van der Waals surface area contributed by atoms with Crippen LogP contribution in [0, 0.1) is 0 Å². The highest BCUT2D eigenvalue weighted by Crippen LogP contribution is 2.35. The maximum absolute atomic E-state index is 12.8. The van der Waals surface area contributed by atoms with Crippen LogP contribution >= 0.6 is 0 Å². The average molecular weight is 403 g/mol. The summed E-state index contributed by atoms with van der Waals surface area (Å²) in [5.41, 5.74) is 1.97. The molecule has 0 atom stereocenters. The van der Waals surface area contributed by atoms with E-state index in [4.69, 9.17) is 9.47 Å². The normalized spacial score (nSPS) is 14.7. The van der Waals surface area contributed by atoms with Crippen molar-refractivity contribution in [2.45, 2.75) is 24.7 Å². The quantitative estimate of drug-likeness (QED) is 0.800. The molecule has 0 spiro atoms. The van der Waals surface area contributed by atoms with Crippen molar-refractivity contribution in [3.63, 3.8) is 0 Å². The Bertz CT molecular complexity index is 1020. The Labute approximate surface area is 163 Å². The zero-order chi connectivity index (χ0) is 19.7. The summed E-state index contributed by atoms with van der Waals surface area (Å²) >= 11 is 0. The van der Waals surface area contributed by atoms with Crippen LogP contribution in [-0.4, -0.2) is 34.3 Å². The molecule has 4 rings (SSSR count). The zero-order valence-corrected chi connectivity index (χ0v) is 16.2. The van der Waals surface area contributed by atoms with Crippen LogP contribution in [0.15, 0.2) is 41.3 Å². The molecule has 9 heteroatoms. The summed E-state index contributed by atoms with van der Waals surface area (Å²) in [5.74, 6) is 1.09. The Morgan fingerprint density at radius 2 is 1.96 bits per heavy atom. The summed E-state index contributed by atoms with van der Waals surface area (Å²) in [7, 11) is -3.77. The highest BCUT2D eigenvalue weighted by Gasteiger charge is 2.26. The van der Waals surface area contributed by atoms with Crippen LogP contribution in [0.5, 0.6) is 11.5 Å². The summed E-state index contributed by atoms with van der Waals surface area (Å²) < 4.78 is 38.6. The van der Waals surface area contributed by atoms with Crippen molar-refractivity contribution in [2.75, 3.05) is 29.5 Å². The van der Waals surface area contributed by atoms with Gasteiger partial charge in [0.25, 0.3) is 10.0 Å². The molecule has 8 nitrogen and oxygen atoms in total. The van der Waals surface area contributed by atoms with Gasteiger partial charge in [-0.05, 0) is 48.7 Å². The first kappa shape index (κ1) is 18.4. The molecule has 0 radical (unpaired) electrons. The van der Waals surface area contributed by atoms with E-state index in [0.717, 1.165) is 17.7 Å². The molecule has 2 aromatic rings. The third kappa shape index (κ3) is 3.45. The van der Waals surface area contributed by atoms with Crippen molar-refractivity contribution >= 4 is 27.4 Å². The molecule has 0 bridgehead atoms. The topological polar surface area (TPSA) is 97.0 Å². The first-order chi connectivity index (χ1) is 13.5. The maximum atomic E-state index is 12.8. The van der Waals surface area contributed by atoms with E-state index >= 15 is 0 Å². The van der Waals surface area contributed by atoms with Gasteiger partial charge in [-0.25, -0.2) is 13.2 Å². The molecule has 0 saturated heterocycles. The van der Waals surface area contributed by atoms with Gasteiger partial charge in [-0.1, -0.05) is 6.92 Å². The van der Waals surface area contributed by atoms with Gasteiger partial charge < -0.3 is 14.8 Å². The van der Waals surface area contributed by atoms with Crippen molar-refractivity contribution in [3.8, 4) is 11.5 Å². The lowest BCUT2D eigenvalue weighted by Gasteiger charge is -2.18. The number of carbonyl (C=O) groups excluding carboxylic acids is 1. The molecule has 2 aliphatic rings. The number of amides is 2. The summed E-state index contributed by atoms with van der Waals surface area (Å²) in [6.07, 6.45) is 1.47. The van der Waals surface area contributed by atoms with Crippen molar-refractivity contribution in [2.24, 2.45) is 0 Å². The lowest BCUT2D eigenvalue weighted by molar-refractivity contribution is 0.174. The van der Waals surface area contributed by atoms with E-state index in [1.807, 2.05) is 6.92 Å². The minimum absolute atomic E-state index is 0.124. The van der Waals surface area contributed by atoms with Gasteiger partial charge >= 0.3 is 6.03 Å². The maximum Gasteiger partial charge on any atom is 0.321 e. The monoisotopic (exact) mass is 403 g/mol. The molecule has 0 fully saturated rings. The highest BCUT2D eigenvalue weighted by atomic mass is 32.2. The van der Waals surface area contributed by atoms with Crippen molar-refractivity contribution in [1.82, 2.24) is 5.32 Å². The van der Waals surface area contributed by atoms with Gasteiger partial charge in [-0.3, -0.25) is 9.62 Å². The first-order valence-electron chi connectivity index (χ1n) is 9.09. The number of hydrogen-bond donors (Lipinski definition) is 2. The molecule has 2 N–H and O–H groups in total. The van der Waals surface area contributed by atoms with Crippen LogP contribution in [0.3, 0.4) is 0 Å². The van der Waals surface area contributed by atoms with Crippen LogP contribution in [0.2, 0.25) is 0 Å². The summed E-state index contributed by atoms with van der Waals surface area (Å²) in [6, 6.07) is 9.54. The SMILES string of the molecule is CCCNC(=O)N1CCc2cc(S(=O)(=O)Nc3ccc4c(c3)OCO4)ccc21. The Balaban J connectivity index is 1.54. The number of nitrogens with zero attached hydrogens (tertiary/aromatic N) is 1. The van der Waals surface area contributed by atoms with Gasteiger partial charge in [0.1, 0.15) is 0 Å². The second-order valence-corrected chi connectivity index (χ2v) is 8.28. The largest absolute Gasteiger partial charge is 0.454 e. The average Bonchev–Trinajstić information content (AvgIpc) is 3.31. The van der Waals surface area contributed by atoms with Crippen molar-refractivity contribution in [1.29, 1.82) is 0 Å². The number of ether oxygens (including phenoxy) is 2. The number of hydrogen-bond acceptors (Lipinski definition) is 5. The minimum Gasteiger partial charge on any atom is -0.454 e. The summed E-state index contributed by atoms with van der Waals surface area (Å²) in [6.45, 7) is 3.25. The Morgan fingerprint density at radius 3 is 2.79 bits per heavy atom. The zero-order valence-electron chi connectivity index (χ0n) is 15.4. The van der Waals surface area contributed by atoms with Gasteiger partial charge in [-0.2, -0.15) is 0 Å². The second kappa shape index (κ2) is 7.23. The van der Waals surface area contributed by atoms with Gasteiger partial charge in [0.05, 0.1) is 10.6 Å². The van der Waals surface area contributed by atoms with E-state index in [2.05, 4.69) is 10.0 Å². The molecule has 0 saturated carbocycles. The molecule has 0 aromatic heterocycles. The van der Waals surface area contributed by atoms with E-state index < -0.39 is 10.0 Å². The number of benzene rings is 2. The van der Waals surface area contributed by atoms with Crippen LogP contribution < -0.4 is 24.4 Å². The number of anilines is 2. The van der Waals surface area contributed by atoms with Crippen LogP contribution in [0.1, 0.15) is 18.9 Å². The molecule has 2 amide bonds. The number of nitrogens with one attached hydrogen (secondary N) is 2. The number of carbonyl (C=O) groups is 1. The van der Waals surface area contributed by atoms with Crippen LogP contribution in [0.25, 0.3) is 0 Å². The van der Waals surface area contributed by atoms with Crippen LogP contribution in [0.4, 0.5) is 16.2 Å². The summed E-state index contributed by atoms with van der Waals surface area (Å²) in [5, 5.41) is 2.85. The minimum atomic E-state index is -3.77. The fourth-order valence-corrected chi connectivity index (χ4v) is 4.36. The second-order valence-electron chi connectivity index (χ2n) is 6.60. The predicted octanol–water partition coefficient (Wildman–Crippen LogP) is 2.70. The van der Waals surface area contributed by atoms with E-state index in [-0.39, 0.29) is 17.7 Å². The lowest BCUT2D eigenvalue weighted by Crippen LogP contribution is -2.39. The Morgan fingerprint density at radius 1 is 1.14 bits per heavy atom. The fourth-order valence-electron chi connectivity index (χ4n) is 3.26. The standard InChI is InChI=1S/C19H21N3O5S/c1-2-8-20-19(23)22-9-7-13-10-15(4-5-16(13)22)28(24,25)21-14-3-6-17-18(11-14)27-12-26-17/h3-6,10-11,21H,2,7-9,12H2,1H3,(H,20,23). The number of fused-ring (bicyclic) bond motifs is 2. The molecule has 2 aromatic carbocycles. The first-order valence-corrected chi connectivity index (χ1v) is 10.6. The predicted molar refractivity (Wildman–Crippen MR) is 105 cm³/mol. The molecular weight excluding hydrogens is 382 g/mol. The van der Waals surface area contributed by atoms with Crippen molar-refractivity contribution in [3.05, 3.63) is 42.0 Å². The Kier molecular flexibility index (Phi) is 4.76. The number of sulfonamides is 1. The number of rotatable bonds is 5.